The lowest BCUT2D eigenvalue weighted by Gasteiger charge is -2.34. The fraction of sp³-hybridized carbons (Fsp3) is 0.310. The van der Waals surface area contributed by atoms with Crippen LogP contribution in [-0.2, 0) is 32.6 Å². The van der Waals surface area contributed by atoms with Crippen LogP contribution in [0.3, 0.4) is 0 Å². The highest BCUT2D eigenvalue weighted by Crippen LogP contribution is 2.23. The summed E-state index contributed by atoms with van der Waals surface area (Å²) in [5, 5.41) is 2.86. The maximum atomic E-state index is 14.0. The third-order valence-electron chi connectivity index (χ3n) is 6.06. The average molecular weight is 574 g/mol. The molecular formula is C29H33F2N3O5S. The van der Waals surface area contributed by atoms with Crippen molar-refractivity contribution in [2.45, 2.75) is 38.9 Å². The van der Waals surface area contributed by atoms with E-state index < -0.39 is 46.1 Å². The number of nitrogens with one attached hydrogen (secondary N) is 1. The summed E-state index contributed by atoms with van der Waals surface area (Å²) in [4.78, 5) is 28.7. The second kappa shape index (κ2) is 13.4. The molecule has 0 fully saturated rings. The molecule has 0 saturated carbocycles. The molecule has 0 aliphatic heterocycles. The largest absolute Gasteiger partial charge is 0.497 e. The zero-order chi connectivity index (χ0) is 29.4. The molecule has 0 aromatic heterocycles. The number of methoxy groups -OCH3 is 1. The van der Waals surface area contributed by atoms with Crippen LogP contribution in [0, 0.1) is 11.6 Å². The highest BCUT2D eigenvalue weighted by Gasteiger charge is 2.33. The lowest BCUT2D eigenvalue weighted by Crippen LogP contribution is -2.54. The van der Waals surface area contributed by atoms with E-state index in [0.29, 0.717) is 21.7 Å². The molecule has 0 bridgehead atoms. The van der Waals surface area contributed by atoms with Crippen LogP contribution in [0.5, 0.6) is 5.75 Å². The van der Waals surface area contributed by atoms with Gasteiger partial charge in [0.25, 0.3) is 0 Å². The Labute approximate surface area is 233 Å². The summed E-state index contributed by atoms with van der Waals surface area (Å²) in [5.74, 6) is -3.01. The first-order chi connectivity index (χ1) is 18.9. The number of carbonyl (C=O) groups excluding carboxylic acids is 2. The van der Waals surface area contributed by atoms with Gasteiger partial charge in [-0.3, -0.25) is 13.9 Å². The minimum absolute atomic E-state index is 0.0472. The van der Waals surface area contributed by atoms with Crippen molar-refractivity contribution in [3.63, 3.8) is 0 Å². The highest BCUT2D eigenvalue weighted by molar-refractivity contribution is 7.92. The average Bonchev–Trinajstić information content (AvgIpc) is 2.90. The summed E-state index contributed by atoms with van der Waals surface area (Å²) in [5.41, 5.74) is 1.21. The number of amides is 2. The van der Waals surface area contributed by atoms with Gasteiger partial charge in [0, 0.05) is 25.1 Å². The molecule has 2 amide bonds. The summed E-state index contributed by atoms with van der Waals surface area (Å²) >= 11 is 0. The number of rotatable bonds is 12. The van der Waals surface area contributed by atoms with Crippen molar-refractivity contribution in [2.24, 2.45) is 0 Å². The van der Waals surface area contributed by atoms with Crippen LogP contribution >= 0.6 is 0 Å². The standard InChI is InChI=1S/C29H33F2N3O5S/c1-20(2)32-29(36)27(16-21-9-6-5-7-10-21)33(18-22-11-8-12-24(15-22)39-3)28(35)19-34(40(4,37)38)23-13-14-25(30)26(31)17-23/h5-15,17,20,27H,16,18-19H2,1-4H3,(H,32,36). The van der Waals surface area contributed by atoms with Crippen molar-refractivity contribution in [3.05, 3.63) is 95.6 Å². The van der Waals surface area contributed by atoms with Crippen LogP contribution in [-0.4, -0.2) is 57.1 Å². The molecule has 40 heavy (non-hydrogen) atoms. The van der Waals surface area contributed by atoms with Crippen molar-refractivity contribution in [1.82, 2.24) is 10.2 Å². The maximum Gasteiger partial charge on any atom is 0.244 e. The Bertz CT molecular complexity index is 1430. The number of sulfonamides is 1. The van der Waals surface area contributed by atoms with Crippen LogP contribution in [0.4, 0.5) is 14.5 Å². The number of halogens is 2. The van der Waals surface area contributed by atoms with Gasteiger partial charge in [-0.1, -0.05) is 42.5 Å². The monoisotopic (exact) mass is 573 g/mol. The van der Waals surface area contributed by atoms with Gasteiger partial charge in [0.2, 0.25) is 21.8 Å². The van der Waals surface area contributed by atoms with Gasteiger partial charge < -0.3 is 15.0 Å². The van der Waals surface area contributed by atoms with Crippen molar-refractivity contribution >= 4 is 27.5 Å². The van der Waals surface area contributed by atoms with E-state index in [0.717, 1.165) is 24.0 Å². The first-order valence-corrected chi connectivity index (χ1v) is 14.4. The molecule has 0 spiro atoms. The smallest absolute Gasteiger partial charge is 0.244 e. The van der Waals surface area contributed by atoms with Crippen molar-refractivity contribution in [3.8, 4) is 5.75 Å². The minimum atomic E-state index is -4.11. The number of carbonyl (C=O) groups is 2. The summed E-state index contributed by atoms with van der Waals surface area (Å²) in [7, 11) is -2.61. The third kappa shape index (κ3) is 8.25. The van der Waals surface area contributed by atoms with Gasteiger partial charge in [0.15, 0.2) is 11.6 Å². The maximum absolute atomic E-state index is 14.0. The van der Waals surface area contributed by atoms with Crippen LogP contribution in [0.15, 0.2) is 72.8 Å². The first kappa shape index (κ1) is 30.6. The van der Waals surface area contributed by atoms with E-state index in [1.165, 1.54) is 12.0 Å². The van der Waals surface area contributed by atoms with Crippen LogP contribution in [0.1, 0.15) is 25.0 Å². The predicted octanol–water partition coefficient (Wildman–Crippen LogP) is 3.90. The van der Waals surface area contributed by atoms with Crippen LogP contribution in [0.2, 0.25) is 0 Å². The Hall–Kier alpha value is -3.99. The lowest BCUT2D eigenvalue weighted by molar-refractivity contribution is -0.140. The highest BCUT2D eigenvalue weighted by atomic mass is 32.2. The van der Waals surface area contributed by atoms with Crippen LogP contribution < -0.4 is 14.4 Å². The molecular weight excluding hydrogens is 540 g/mol. The molecule has 3 rings (SSSR count). The molecule has 0 heterocycles. The molecule has 11 heteroatoms. The fourth-order valence-corrected chi connectivity index (χ4v) is 5.00. The van der Waals surface area contributed by atoms with Crippen molar-refractivity contribution in [2.75, 3.05) is 24.2 Å². The summed E-state index contributed by atoms with van der Waals surface area (Å²) in [6.07, 6.45) is 1.01. The van der Waals surface area contributed by atoms with E-state index in [9.17, 15) is 26.8 Å². The molecule has 0 aliphatic rings. The van der Waals surface area contributed by atoms with Crippen molar-refractivity contribution in [1.29, 1.82) is 0 Å². The number of anilines is 1. The second-order valence-corrected chi connectivity index (χ2v) is 11.5. The van der Waals surface area contributed by atoms with E-state index in [1.807, 2.05) is 30.3 Å². The van der Waals surface area contributed by atoms with Gasteiger partial charge in [-0.05, 0) is 49.2 Å². The molecule has 1 atom stereocenters. The summed E-state index contributed by atoms with van der Waals surface area (Å²) < 4.78 is 59.0. The SMILES string of the molecule is COc1cccc(CN(C(=O)CN(c2ccc(F)c(F)c2)S(C)(=O)=O)C(Cc2ccccc2)C(=O)NC(C)C)c1. The van der Waals surface area contributed by atoms with E-state index in [2.05, 4.69) is 5.32 Å². The molecule has 214 valence electrons. The molecule has 3 aromatic carbocycles. The van der Waals surface area contributed by atoms with E-state index in [1.54, 1.807) is 38.1 Å². The Morgan fingerprint density at radius 2 is 1.60 bits per heavy atom. The number of benzene rings is 3. The Kier molecular flexibility index (Phi) is 10.2. The van der Waals surface area contributed by atoms with Gasteiger partial charge in [-0.2, -0.15) is 0 Å². The van der Waals surface area contributed by atoms with E-state index in [-0.39, 0.29) is 24.7 Å². The molecule has 8 nitrogen and oxygen atoms in total. The van der Waals surface area contributed by atoms with E-state index >= 15 is 0 Å². The molecule has 3 aromatic rings. The molecule has 0 aliphatic carbocycles. The number of nitrogens with zero attached hydrogens (tertiary/aromatic N) is 2. The lowest BCUT2D eigenvalue weighted by atomic mass is 10.0. The Morgan fingerprint density at radius 1 is 0.925 bits per heavy atom. The molecule has 0 radical (unpaired) electrons. The Balaban J connectivity index is 2.08. The number of hydrogen-bond donors (Lipinski definition) is 1. The molecule has 1 unspecified atom stereocenters. The normalized spacial score (nSPS) is 12.1. The topological polar surface area (TPSA) is 96.0 Å². The number of hydrogen-bond acceptors (Lipinski definition) is 5. The summed E-state index contributed by atoms with van der Waals surface area (Å²) in [6.45, 7) is 2.79. The summed E-state index contributed by atoms with van der Waals surface area (Å²) in [6, 6.07) is 17.4. The third-order valence-corrected chi connectivity index (χ3v) is 7.20. The zero-order valence-electron chi connectivity index (χ0n) is 22.8. The van der Waals surface area contributed by atoms with Gasteiger partial charge >= 0.3 is 0 Å². The quantitative estimate of drug-likeness (QED) is 0.355. The zero-order valence-corrected chi connectivity index (χ0v) is 23.6. The molecule has 0 saturated heterocycles. The van der Waals surface area contributed by atoms with Crippen LogP contribution in [0.25, 0.3) is 0 Å². The Morgan fingerprint density at radius 3 is 2.20 bits per heavy atom. The fourth-order valence-electron chi connectivity index (χ4n) is 4.16. The predicted molar refractivity (Wildman–Crippen MR) is 149 cm³/mol. The first-order valence-electron chi connectivity index (χ1n) is 12.6. The number of ether oxygens (including phenoxy) is 1. The minimum Gasteiger partial charge on any atom is -0.497 e. The van der Waals surface area contributed by atoms with E-state index in [4.69, 9.17) is 4.74 Å². The van der Waals surface area contributed by atoms with Gasteiger partial charge in [-0.25, -0.2) is 17.2 Å². The second-order valence-electron chi connectivity index (χ2n) is 9.61. The van der Waals surface area contributed by atoms with Crippen molar-refractivity contribution < 1.29 is 31.5 Å². The molecule has 1 N–H and O–H groups in total. The van der Waals surface area contributed by atoms with Gasteiger partial charge in [0.05, 0.1) is 19.1 Å². The van der Waals surface area contributed by atoms with Gasteiger partial charge in [-0.15, -0.1) is 0 Å². The van der Waals surface area contributed by atoms with Gasteiger partial charge in [0.1, 0.15) is 18.3 Å².